The maximum absolute atomic E-state index is 12.3. The van der Waals surface area contributed by atoms with Crippen LogP contribution in [0.1, 0.15) is 28.0 Å². The van der Waals surface area contributed by atoms with Crippen molar-refractivity contribution in [1.29, 1.82) is 0 Å². The normalized spacial score (nSPS) is 11.1. The Morgan fingerprint density at radius 1 is 0.816 bits per heavy atom. The number of urea groups is 1. The quantitative estimate of drug-likeness (QED) is 0.202. The van der Waals surface area contributed by atoms with Crippen LogP contribution in [0.4, 0.5) is 9.93 Å². The smallest absolute Gasteiger partial charge is 0.326 e. The van der Waals surface area contributed by atoms with Crippen LogP contribution in [0.3, 0.4) is 0 Å². The fraction of sp³-hybridized carbons (Fsp3) is 0.200. The predicted molar refractivity (Wildman–Crippen MR) is 139 cm³/mol. The number of carbonyl (C=O) groups is 5. The lowest BCUT2D eigenvalue weighted by Gasteiger charge is -2.14. The summed E-state index contributed by atoms with van der Waals surface area (Å²) < 4.78 is 0. The Hall–Kier alpha value is -4.78. The van der Waals surface area contributed by atoms with E-state index in [1.54, 1.807) is 0 Å². The molecule has 3 rings (SSSR count). The van der Waals surface area contributed by atoms with Crippen LogP contribution in [-0.2, 0) is 27.5 Å². The Bertz CT molecular complexity index is 1270. The summed E-state index contributed by atoms with van der Waals surface area (Å²) in [6, 6.07) is 16.4. The van der Waals surface area contributed by atoms with Crippen molar-refractivity contribution >= 4 is 46.2 Å². The molecular formula is C25H26N6O6S. The summed E-state index contributed by atoms with van der Waals surface area (Å²) in [7, 11) is 0. The van der Waals surface area contributed by atoms with Crippen LogP contribution in [-0.4, -0.2) is 52.4 Å². The van der Waals surface area contributed by atoms with Crippen molar-refractivity contribution in [3.05, 3.63) is 82.9 Å². The third-order valence-electron chi connectivity index (χ3n) is 5.02. The SMILES string of the molecule is O=C(C[C@H](NC(=O)CNC(=O)c1csc(NC(=O)NCc2ccccc2)n1)C(=O)O)NCc1ccccc1. The number of hydrogen-bond acceptors (Lipinski definition) is 7. The van der Waals surface area contributed by atoms with Crippen molar-refractivity contribution in [3.8, 4) is 0 Å². The predicted octanol–water partition coefficient (Wildman–Crippen LogP) is 1.47. The number of amides is 5. The van der Waals surface area contributed by atoms with Gasteiger partial charge in [0.15, 0.2) is 5.13 Å². The number of aliphatic carboxylic acids is 1. The van der Waals surface area contributed by atoms with Crippen LogP contribution in [0.15, 0.2) is 66.0 Å². The molecule has 3 aromatic rings. The van der Waals surface area contributed by atoms with Gasteiger partial charge in [0.25, 0.3) is 5.91 Å². The van der Waals surface area contributed by atoms with Crippen molar-refractivity contribution < 1.29 is 29.1 Å². The van der Waals surface area contributed by atoms with E-state index in [2.05, 4.69) is 31.6 Å². The number of thiazole rings is 1. The molecule has 1 aromatic heterocycles. The molecule has 0 saturated carbocycles. The topological polar surface area (TPSA) is 179 Å². The van der Waals surface area contributed by atoms with Gasteiger partial charge in [-0.3, -0.25) is 19.7 Å². The first-order chi connectivity index (χ1) is 18.3. The first-order valence-electron chi connectivity index (χ1n) is 11.5. The summed E-state index contributed by atoms with van der Waals surface area (Å²) in [6.45, 7) is -0.00614. The summed E-state index contributed by atoms with van der Waals surface area (Å²) in [6.07, 6.45) is -0.477. The highest BCUT2D eigenvalue weighted by molar-refractivity contribution is 7.14. The molecule has 0 spiro atoms. The average molecular weight is 539 g/mol. The van der Waals surface area contributed by atoms with Gasteiger partial charge in [-0.25, -0.2) is 14.6 Å². The Morgan fingerprint density at radius 2 is 1.42 bits per heavy atom. The minimum atomic E-state index is -1.47. The number of hydrogen-bond donors (Lipinski definition) is 6. The summed E-state index contributed by atoms with van der Waals surface area (Å²) in [4.78, 5) is 64.2. The number of nitrogens with one attached hydrogen (secondary N) is 5. The molecule has 13 heteroatoms. The van der Waals surface area contributed by atoms with Crippen LogP contribution < -0.4 is 26.6 Å². The summed E-state index contributed by atoms with van der Waals surface area (Å²) in [5.41, 5.74) is 1.72. The summed E-state index contributed by atoms with van der Waals surface area (Å²) in [5.74, 6) is -3.43. The molecule has 38 heavy (non-hydrogen) atoms. The molecule has 1 heterocycles. The van der Waals surface area contributed by atoms with Crippen LogP contribution in [0.25, 0.3) is 0 Å². The number of nitrogens with zero attached hydrogens (tertiary/aromatic N) is 1. The molecule has 0 saturated heterocycles. The van der Waals surface area contributed by atoms with E-state index in [1.807, 2.05) is 60.7 Å². The second-order valence-electron chi connectivity index (χ2n) is 7.94. The van der Waals surface area contributed by atoms with E-state index in [0.717, 1.165) is 22.5 Å². The molecule has 12 nitrogen and oxygen atoms in total. The van der Waals surface area contributed by atoms with Gasteiger partial charge in [-0.1, -0.05) is 60.7 Å². The van der Waals surface area contributed by atoms with Gasteiger partial charge in [-0.15, -0.1) is 11.3 Å². The molecule has 0 aliphatic rings. The second-order valence-corrected chi connectivity index (χ2v) is 8.80. The third kappa shape index (κ3) is 9.35. The van der Waals surface area contributed by atoms with E-state index in [0.29, 0.717) is 6.54 Å². The molecule has 0 unspecified atom stereocenters. The van der Waals surface area contributed by atoms with Crippen LogP contribution in [0.2, 0.25) is 0 Å². The lowest BCUT2D eigenvalue weighted by Crippen LogP contribution is -2.47. The lowest BCUT2D eigenvalue weighted by atomic mass is 10.2. The van der Waals surface area contributed by atoms with Gasteiger partial charge >= 0.3 is 12.0 Å². The van der Waals surface area contributed by atoms with Crippen LogP contribution in [0.5, 0.6) is 0 Å². The number of aromatic nitrogens is 1. The Kier molecular flexibility index (Phi) is 10.3. The van der Waals surface area contributed by atoms with Gasteiger partial charge in [-0.05, 0) is 11.1 Å². The van der Waals surface area contributed by atoms with Gasteiger partial charge in [-0.2, -0.15) is 0 Å². The minimum absolute atomic E-state index is 0.0313. The van der Waals surface area contributed by atoms with Gasteiger partial charge < -0.3 is 26.4 Å². The molecule has 2 aromatic carbocycles. The second kappa shape index (κ2) is 14.1. The number of carbonyl (C=O) groups excluding carboxylic acids is 4. The van der Waals surface area contributed by atoms with Crippen molar-refractivity contribution in [2.24, 2.45) is 0 Å². The Balaban J connectivity index is 1.40. The number of rotatable bonds is 12. The van der Waals surface area contributed by atoms with Crippen molar-refractivity contribution in [3.63, 3.8) is 0 Å². The molecule has 5 amide bonds. The first-order valence-corrected chi connectivity index (χ1v) is 12.3. The molecule has 0 bridgehead atoms. The van der Waals surface area contributed by atoms with Gasteiger partial charge in [0, 0.05) is 18.5 Å². The van der Waals surface area contributed by atoms with E-state index < -0.39 is 48.7 Å². The van der Waals surface area contributed by atoms with Crippen molar-refractivity contribution in [2.75, 3.05) is 11.9 Å². The largest absolute Gasteiger partial charge is 0.480 e. The molecule has 0 aliphatic heterocycles. The summed E-state index contributed by atoms with van der Waals surface area (Å²) >= 11 is 1.02. The zero-order chi connectivity index (χ0) is 27.3. The average Bonchev–Trinajstić information content (AvgIpc) is 3.38. The highest BCUT2D eigenvalue weighted by atomic mass is 32.1. The maximum atomic E-state index is 12.3. The van der Waals surface area contributed by atoms with E-state index in [-0.39, 0.29) is 17.4 Å². The Morgan fingerprint density at radius 3 is 2.03 bits per heavy atom. The molecule has 6 N–H and O–H groups in total. The van der Waals surface area contributed by atoms with E-state index in [4.69, 9.17) is 0 Å². The molecular weight excluding hydrogens is 512 g/mol. The lowest BCUT2D eigenvalue weighted by molar-refractivity contribution is -0.143. The number of benzene rings is 2. The van der Waals surface area contributed by atoms with E-state index in [1.165, 1.54) is 5.38 Å². The maximum Gasteiger partial charge on any atom is 0.326 e. The number of anilines is 1. The molecule has 0 aliphatic carbocycles. The molecule has 1 atom stereocenters. The zero-order valence-electron chi connectivity index (χ0n) is 20.1. The third-order valence-corrected chi connectivity index (χ3v) is 5.78. The fourth-order valence-corrected chi connectivity index (χ4v) is 3.79. The molecule has 198 valence electrons. The number of carboxylic acids is 1. The van der Waals surface area contributed by atoms with E-state index in [9.17, 15) is 29.1 Å². The van der Waals surface area contributed by atoms with Gasteiger partial charge in [0.1, 0.15) is 11.7 Å². The van der Waals surface area contributed by atoms with Crippen LogP contribution >= 0.6 is 11.3 Å². The first kappa shape index (κ1) is 27.8. The molecule has 0 fully saturated rings. The van der Waals surface area contributed by atoms with E-state index >= 15 is 0 Å². The Labute approximate surface area is 221 Å². The zero-order valence-corrected chi connectivity index (χ0v) is 20.9. The van der Waals surface area contributed by atoms with Crippen LogP contribution in [0, 0.1) is 0 Å². The standard InChI is InChI=1S/C25H26N6O6S/c32-20(26-12-16-7-3-1-4-8-16)11-18(23(35)36)29-21(33)14-27-22(34)19-15-38-25(30-19)31-24(37)28-13-17-9-5-2-6-10-17/h1-10,15,18H,11-14H2,(H,26,32)(H,27,34)(H,29,33)(H,35,36)(H2,28,30,31,37)/t18-/m0/s1. The molecule has 0 radical (unpaired) electrons. The highest BCUT2D eigenvalue weighted by Gasteiger charge is 2.23. The van der Waals surface area contributed by atoms with Crippen molar-refractivity contribution in [1.82, 2.24) is 26.3 Å². The van der Waals surface area contributed by atoms with Gasteiger partial charge in [0.05, 0.1) is 13.0 Å². The number of carboxylic acid groups (broad SMARTS) is 1. The highest BCUT2D eigenvalue weighted by Crippen LogP contribution is 2.15. The van der Waals surface area contributed by atoms with Crippen molar-refractivity contribution in [2.45, 2.75) is 25.6 Å². The summed E-state index contributed by atoms with van der Waals surface area (Å²) in [5, 5.41) is 23.3. The monoisotopic (exact) mass is 538 g/mol. The minimum Gasteiger partial charge on any atom is -0.480 e. The fourth-order valence-electron chi connectivity index (χ4n) is 3.11. The van der Waals surface area contributed by atoms with Gasteiger partial charge in [0.2, 0.25) is 11.8 Å².